The lowest BCUT2D eigenvalue weighted by Crippen LogP contribution is -2.02. The molecule has 134 valence electrons. The first kappa shape index (κ1) is 19.0. The van der Waals surface area contributed by atoms with Crippen LogP contribution in [0, 0.1) is 13.8 Å². The Balaban J connectivity index is 2.04. The van der Waals surface area contributed by atoms with Crippen molar-refractivity contribution < 1.29 is 14.3 Å². The minimum Gasteiger partial charge on any atom is -0.490 e. The Morgan fingerprint density at radius 2 is 1.96 bits per heavy atom. The molecule has 0 radical (unpaired) electrons. The molecule has 0 amide bonds. The zero-order valence-corrected chi connectivity index (χ0v) is 16.1. The number of nitrogens with zero attached hydrogens (tertiary/aromatic N) is 2. The van der Waals surface area contributed by atoms with E-state index in [1.807, 2.05) is 57.4 Å². The van der Waals surface area contributed by atoms with Gasteiger partial charge >= 0.3 is 0 Å². The van der Waals surface area contributed by atoms with Gasteiger partial charge in [0.2, 0.25) is 0 Å². The van der Waals surface area contributed by atoms with Crippen LogP contribution in [0.25, 0.3) is 0 Å². The number of hydrogen-bond donors (Lipinski definition) is 0. The topological polar surface area (TPSA) is 52.9 Å². The summed E-state index contributed by atoms with van der Waals surface area (Å²) in [5.74, 6) is 1.72. The second kappa shape index (κ2) is 9.22. The molecule has 1 heterocycles. The van der Waals surface area contributed by atoms with E-state index in [1.165, 1.54) is 7.11 Å². The van der Waals surface area contributed by atoms with Crippen molar-refractivity contribution in [3.63, 3.8) is 0 Å². The van der Waals surface area contributed by atoms with Crippen LogP contribution in [-0.4, -0.2) is 24.4 Å². The molecular formula is C19H24N2O3S. The van der Waals surface area contributed by atoms with E-state index in [2.05, 4.69) is 10.1 Å². The number of oxime groups is 1. The third-order valence-corrected chi connectivity index (χ3v) is 4.33. The highest BCUT2D eigenvalue weighted by Gasteiger charge is 2.10. The summed E-state index contributed by atoms with van der Waals surface area (Å²) in [4.78, 5) is 9.30. The molecule has 5 nitrogen and oxygen atoms in total. The van der Waals surface area contributed by atoms with Gasteiger partial charge in [0, 0.05) is 5.38 Å². The van der Waals surface area contributed by atoms with Gasteiger partial charge in [-0.3, -0.25) is 0 Å². The average molecular weight is 360 g/mol. The largest absolute Gasteiger partial charge is 0.490 e. The van der Waals surface area contributed by atoms with Crippen molar-refractivity contribution in [2.45, 2.75) is 34.3 Å². The van der Waals surface area contributed by atoms with Crippen molar-refractivity contribution in [1.29, 1.82) is 0 Å². The molecule has 2 aromatic rings. The molecule has 0 unspecified atom stereocenters. The van der Waals surface area contributed by atoms with E-state index < -0.39 is 0 Å². The van der Waals surface area contributed by atoms with Crippen molar-refractivity contribution in [3.8, 4) is 11.5 Å². The van der Waals surface area contributed by atoms with Gasteiger partial charge in [-0.25, -0.2) is 4.98 Å². The van der Waals surface area contributed by atoms with Crippen LogP contribution in [0.2, 0.25) is 0 Å². The van der Waals surface area contributed by atoms with Crippen molar-refractivity contribution in [2.24, 2.45) is 5.16 Å². The number of hydrogen-bond acceptors (Lipinski definition) is 6. The summed E-state index contributed by atoms with van der Waals surface area (Å²) in [5.41, 5.74) is 3.65. The van der Waals surface area contributed by atoms with Crippen LogP contribution in [0.4, 0.5) is 0 Å². The summed E-state index contributed by atoms with van der Waals surface area (Å²) in [6.45, 7) is 8.87. The fourth-order valence-corrected chi connectivity index (χ4v) is 3.07. The second-order valence-corrected chi connectivity index (χ2v) is 6.48. The molecule has 0 spiro atoms. The van der Waals surface area contributed by atoms with Gasteiger partial charge in [0.25, 0.3) is 0 Å². The summed E-state index contributed by atoms with van der Waals surface area (Å²) < 4.78 is 11.7. The van der Waals surface area contributed by atoms with Crippen LogP contribution in [0.5, 0.6) is 11.5 Å². The highest BCUT2D eigenvalue weighted by atomic mass is 32.1. The molecule has 6 heteroatoms. The first-order valence-corrected chi connectivity index (χ1v) is 8.93. The number of ether oxygens (including phenoxy) is 2. The maximum atomic E-state index is 5.99. The Kier molecular flexibility index (Phi) is 7.01. The van der Waals surface area contributed by atoms with Gasteiger partial charge < -0.3 is 14.3 Å². The molecule has 0 aliphatic rings. The SMILES string of the molecule is C/C=C/COc1cc(C)c(OCc2nc(/C(C)=N/OC)cs2)c(C)c1. The third-order valence-electron chi connectivity index (χ3n) is 3.51. The molecule has 2 rings (SSSR count). The lowest BCUT2D eigenvalue weighted by atomic mass is 10.1. The smallest absolute Gasteiger partial charge is 0.140 e. The fourth-order valence-electron chi connectivity index (χ4n) is 2.32. The molecule has 0 bridgehead atoms. The van der Waals surface area contributed by atoms with Gasteiger partial charge in [-0.2, -0.15) is 0 Å². The number of aromatic nitrogens is 1. The van der Waals surface area contributed by atoms with E-state index in [4.69, 9.17) is 14.3 Å². The molecular weight excluding hydrogens is 336 g/mol. The number of aryl methyl sites for hydroxylation is 2. The number of rotatable bonds is 8. The van der Waals surface area contributed by atoms with E-state index in [1.54, 1.807) is 11.3 Å². The molecule has 0 aliphatic carbocycles. The predicted molar refractivity (Wildman–Crippen MR) is 102 cm³/mol. The second-order valence-electron chi connectivity index (χ2n) is 5.54. The molecule has 0 saturated carbocycles. The first-order chi connectivity index (χ1) is 12.0. The molecule has 0 aliphatic heterocycles. The van der Waals surface area contributed by atoms with Gasteiger partial charge in [0.05, 0.1) is 5.69 Å². The molecule has 0 saturated heterocycles. The van der Waals surface area contributed by atoms with Gasteiger partial charge in [-0.15, -0.1) is 11.3 Å². The van der Waals surface area contributed by atoms with E-state index in [0.29, 0.717) is 13.2 Å². The third kappa shape index (κ3) is 5.32. The summed E-state index contributed by atoms with van der Waals surface area (Å²) in [6, 6.07) is 3.99. The van der Waals surface area contributed by atoms with Crippen molar-refractivity contribution in [2.75, 3.05) is 13.7 Å². The Hall–Kier alpha value is -2.34. The molecule has 0 fully saturated rings. The molecule has 1 aromatic heterocycles. The van der Waals surface area contributed by atoms with E-state index in [-0.39, 0.29) is 0 Å². The number of thiazole rings is 1. The maximum absolute atomic E-state index is 5.99. The van der Waals surface area contributed by atoms with Gasteiger partial charge in [-0.05, 0) is 51.0 Å². The van der Waals surface area contributed by atoms with Crippen molar-refractivity contribution in [1.82, 2.24) is 4.98 Å². The van der Waals surface area contributed by atoms with Crippen LogP contribution in [0.3, 0.4) is 0 Å². The first-order valence-electron chi connectivity index (χ1n) is 8.05. The summed E-state index contributed by atoms with van der Waals surface area (Å²) in [5, 5.41) is 6.75. The summed E-state index contributed by atoms with van der Waals surface area (Å²) in [7, 11) is 1.53. The summed E-state index contributed by atoms with van der Waals surface area (Å²) in [6.07, 6.45) is 3.95. The fraction of sp³-hybridized carbons (Fsp3) is 0.368. The minimum atomic E-state index is 0.422. The van der Waals surface area contributed by atoms with Gasteiger partial charge in [0.1, 0.15) is 42.5 Å². The van der Waals surface area contributed by atoms with Crippen molar-refractivity contribution in [3.05, 3.63) is 51.5 Å². The molecule has 1 aromatic carbocycles. The Bertz CT molecular complexity index is 743. The average Bonchev–Trinajstić information content (AvgIpc) is 3.04. The van der Waals surface area contributed by atoms with Crippen LogP contribution in [-0.2, 0) is 11.4 Å². The quantitative estimate of drug-likeness (QED) is 0.390. The molecule has 0 atom stereocenters. The van der Waals surface area contributed by atoms with Crippen LogP contribution in [0.15, 0.2) is 34.8 Å². The zero-order chi connectivity index (χ0) is 18.2. The molecule has 25 heavy (non-hydrogen) atoms. The Morgan fingerprint density at radius 1 is 1.24 bits per heavy atom. The van der Waals surface area contributed by atoms with E-state index in [9.17, 15) is 0 Å². The monoisotopic (exact) mass is 360 g/mol. The van der Waals surface area contributed by atoms with Gasteiger partial charge in [0.15, 0.2) is 0 Å². The van der Waals surface area contributed by atoms with Crippen LogP contribution < -0.4 is 9.47 Å². The molecule has 0 N–H and O–H groups in total. The maximum Gasteiger partial charge on any atom is 0.140 e. The predicted octanol–water partition coefficient (Wildman–Crippen LogP) is 4.66. The zero-order valence-electron chi connectivity index (χ0n) is 15.3. The number of benzene rings is 1. The lowest BCUT2D eigenvalue weighted by molar-refractivity contribution is 0.213. The van der Waals surface area contributed by atoms with E-state index in [0.717, 1.165) is 39.0 Å². The Labute approximate surface area is 152 Å². The van der Waals surface area contributed by atoms with Crippen molar-refractivity contribution >= 4 is 17.0 Å². The normalized spacial score (nSPS) is 11.8. The van der Waals surface area contributed by atoms with Crippen LogP contribution >= 0.6 is 11.3 Å². The van der Waals surface area contributed by atoms with Gasteiger partial charge in [-0.1, -0.05) is 17.3 Å². The highest BCUT2D eigenvalue weighted by Crippen LogP contribution is 2.29. The highest BCUT2D eigenvalue weighted by molar-refractivity contribution is 7.09. The minimum absolute atomic E-state index is 0.422. The summed E-state index contributed by atoms with van der Waals surface area (Å²) >= 11 is 1.55. The number of allylic oxidation sites excluding steroid dienone is 1. The standard InChI is InChI=1S/C19H24N2O3S/c1-6-7-8-23-16-9-13(2)19(14(3)10-16)24-11-18-20-17(12-25-18)15(4)21-22-5/h6-7,9-10,12H,8,11H2,1-5H3/b7-6+,21-15+. The van der Waals surface area contributed by atoms with Crippen LogP contribution in [0.1, 0.15) is 35.7 Å². The van der Waals surface area contributed by atoms with E-state index >= 15 is 0 Å². The Morgan fingerprint density at radius 3 is 2.60 bits per heavy atom. The lowest BCUT2D eigenvalue weighted by Gasteiger charge is -2.13.